The molecule has 1 N–H and O–H groups in total. The molecule has 37 heavy (non-hydrogen) atoms. The van der Waals surface area contributed by atoms with E-state index in [-0.39, 0.29) is 24.2 Å². The molecule has 1 aromatic carbocycles. The molecular formula is C27H31N7O3. The molecule has 0 radical (unpaired) electrons. The van der Waals surface area contributed by atoms with E-state index in [1.807, 2.05) is 59.7 Å². The number of amides is 2. The lowest BCUT2D eigenvalue weighted by molar-refractivity contribution is -0.128. The number of nitrogens with one attached hydrogen (secondary N) is 1. The maximum Gasteiger partial charge on any atom is 0.251 e. The molecule has 0 fully saturated rings. The zero-order valence-electron chi connectivity index (χ0n) is 21.9. The first-order valence-corrected chi connectivity index (χ1v) is 12.0. The zero-order valence-corrected chi connectivity index (χ0v) is 21.9. The molecule has 0 aliphatic rings. The lowest BCUT2D eigenvalue weighted by atomic mass is 9.99. The fourth-order valence-electron chi connectivity index (χ4n) is 3.98. The van der Waals surface area contributed by atoms with Crippen molar-refractivity contribution in [3.8, 4) is 11.6 Å². The Kier molecular flexibility index (Phi) is 7.19. The summed E-state index contributed by atoms with van der Waals surface area (Å²) in [6.07, 6.45) is 3.21. The second-order valence-corrected chi connectivity index (χ2v) is 9.96. The maximum atomic E-state index is 14.0. The van der Waals surface area contributed by atoms with E-state index in [0.29, 0.717) is 22.8 Å². The van der Waals surface area contributed by atoms with Crippen LogP contribution in [0.25, 0.3) is 11.6 Å². The Morgan fingerprint density at radius 2 is 1.78 bits per heavy atom. The molecule has 10 heteroatoms. The van der Waals surface area contributed by atoms with Crippen molar-refractivity contribution in [2.24, 2.45) is 0 Å². The number of aryl methyl sites for hydroxylation is 2. The van der Waals surface area contributed by atoms with E-state index in [9.17, 15) is 9.59 Å². The van der Waals surface area contributed by atoms with Gasteiger partial charge in [-0.1, -0.05) is 12.1 Å². The monoisotopic (exact) mass is 501 g/mol. The molecule has 4 aromatic rings. The minimum atomic E-state index is -0.953. The van der Waals surface area contributed by atoms with Gasteiger partial charge in [-0.05, 0) is 93.8 Å². The summed E-state index contributed by atoms with van der Waals surface area (Å²) in [6.45, 7) is 11.2. The Bertz CT molecular complexity index is 1400. The minimum absolute atomic E-state index is 0.232. The smallest absolute Gasteiger partial charge is 0.251 e. The van der Waals surface area contributed by atoms with Crippen LogP contribution >= 0.6 is 0 Å². The van der Waals surface area contributed by atoms with Crippen molar-refractivity contribution in [1.82, 2.24) is 30.5 Å². The number of tetrazole rings is 1. The van der Waals surface area contributed by atoms with Crippen LogP contribution in [0, 0.1) is 20.8 Å². The maximum absolute atomic E-state index is 14.0. The Morgan fingerprint density at radius 1 is 1.05 bits per heavy atom. The molecule has 2 amide bonds. The van der Waals surface area contributed by atoms with Crippen molar-refractivity contribution in [1.29, 1.82) is 0 Å². The average molecular weight is 502 g/mol. The van der Waals surface area contributed by atoms with Gasteiger partial charge >= 0.3 is 0 Å². The van der Waals surface area contributed by atoms with Crippen LogP contribution in [0.1, 0.15) is 49.3 Å². The normalized spacial score (nSPS) is 12.3. The number of hydrogen-bond donors (Lipinski definition) is 1. The Labute approximate surface area is 215 Å². The van der Waals surface area contributed by atoms with Gasteiger partial charge < -0.3 is 9.73 Å². The number of carbonyl (C=O) groups is 2. The fraction of sp³-hybridized carbons (Fsp3) is 0.333. The molecule has 10 nitrogen and oxygen atoms in total. The average Bonchev–Trinajstić information content (AvgIpc) is 3.47. The van der Waals surface area contributed by atoms with Gasteiger partial charge in [-0.15, -0.1) is 10.2 Å². The van der Waals surface area contributed by atoms with E-state index in [1.54, 1.807) is 36.7 Å². The first-order chi connectivity index (χ1) is 17.5. The van der Waals surface area contributed by atoms with Crippen molar-refractivity contribution in [3.05, 3.63) is 77.3 Å². The molecule has 0 bridgehead atoms. The number of anilines is 1. The third-order valence-electron chi connectivity index (χ3n) is 5.82. The first kappa shape index (κ1) is 25.7. The minimum Gasteiger partial charge on any atom is -0.458 e. The van der Waals surface area contributed by atoms with Gasteiger partial charge in [-0.25, -0.2) is 0 Å². The van der Waals surface area contributed by atoms with E-state index in [0.717, 1.165) is 11.1 Å². The van der Waals surface area contributed by atoms with E-state index in [2.05, 4.69) is 25.7 Å². The lowest BCUT2D eigenvalue weighted by Gasteiger charge is -2.34. The van der Waals surface area contributed by atoms with Gasteiger partial charge in [-0.3, -0.25) is 19.5 Å². The highest BCUT2D eigenvalue weighted by Crippen LogP contribution is 2.32. The van der Waals surface area contributed by atoms with Crippen molar-refractivity contribution in [3.63, 3.8) is 0 Å². The zero-order chi connectivity index (χ0) is 26.7. The van der Waals surface area contributed by atoms with Gasteiger partial charge in [-0.2, -0.15) is 4.80 Å². The van der Waals surface area contributed by atoms with Crippen LogP contribution in [0.15, 0.2) is 59.3 Å². The first-order valence-electron chi connectivity index (χ1n) is 12.0. The van der Waals surface area contributed by atoms with Gasteiger partial charge in [0.1, 0.15) is 18.3 Å². The molecule has 0 saturated carbocycles. The van der Waals surface area contributed by atoms with Crippen molar-refractivity contribution in [2.45, 2.75) is 59.7 Å². The standard InChI is InChI=1S/C27H31N7O3/c1-17-8-7-9-21(19(17)3)34(24(20-12-14-28-15-13-20)26(36)29-27(4,5)6)23(35)16-33-31-25(30-32-33)22-11-10-18(2)37-22/h7-15,24H,16H2,1-6H3,(H,29,36)/t24-/m0/s1. The molecule has 0 spiro atoms. The Morgan fingerprint density at radius 3 is 2.43 bits per heavy atom. The molecule has 4 rings (SSSR count). The van der Waals surface area contributed by atoms with E-state index < -0.39 is 11.6 Å². The van der Waals surface area contributed by atoms with Crippen molar-refractivity contribution in [2.75, 3.05) is 4.90 Å². The van der Waals surface area contributed by atoms with Gasteiger partial charge in [0, 0.05) is 23.6 Å². The number of pyridine rings is 1. The fourth-order valence-corrected chi connectivity index (χ4v) is 3.98. The summed E-state index contributed by atoms with van der Waals surface area (Å²) in [6, 6.07) is 11.7. The summed E-state index contributed by atoms with van der Waals surface area (Å²) in [4.78, 5) is 34.5. The van der Waals surface area contributed by atoms with Crippen molar-refractivity contribution >= 4 is 17.5 Å². The summed E-state index contributed by atoms with van der Waals surface area (Å²) in [5, 5.41) is 15.4. The van der Waals surface area contributed by atoms with Crippen LogP contribution in [0.2, 0.25) is 0 Å². The van der Waals surface area contributed by atoms with Crippen LogP contribution in [-0.2, 0) is 16.1 Å². The van der Waals surface area contributed by atoms with Gasteiger partial charge in [0.05, 0.1) is 0 Å². The number of benzene rings is 1. The third-order valence-corrected chi connectivity index (χ3v) is 5.82. The summed E-state index contributed by atoms with van der Waals surface area (Å²) >= 11 is 0. The molecular weight excluding hydrogens is 470 g/mol. The van der Waals surface area contributed by atoms with Crippen molar-refractivity contribution < 1.29 is 14.0 Å². The molecule has 3 aromatic heterocycles. The molecule has 3 heterocycles. The molecule has 0 saturated heterocycles. The highest BCUT2D eigenvalue weighted by molar-refractivity contribution is 6.02. The molecule has 0 aliphatic heterocycles. The van der Waals surface area contributed by atoms with Crippen LogP contribution in [0.4, 0.5) is 5.69 Å². The topological polar surface area (TPSA) is 119 Å². The SMILES string of the molecule is Cc1ccc(-c2nnn(CC(=O)N(c3cccc(C)c3C)[C@H](C(=O)NC(C)(C)C)c3ccncc3)n2)o1. The predicted octanol–water partition coefficient (Wildman–Crippen LogP) is 3.94. The number of rotatable bonds is 7. The molecule has 0 unspecified atom stereocenters. The highest BCUT2D eigenvalue weighted by Gasteiger charge is 2.35. The predicted molar refractivity (Wildman–Crippen MR) is 139 cm³/mol. The Hall–Kier alpha value is -4.34. The second kappa shape index (κ2) is 10.3. The second-order valence-electron chi connectivity index (χ2n) is 9.96. The van der Waals surface area contributed by atoms with E-state index in [1.165, 1.54) is 9.70 Å². The quantitative estimate of drug-likeness (QED) is 0.407. The number of nitrogens with zero attached hydrogens (tertiary/aromatic N) is 6. The van der Waals surface area contributed by atoms with Gasteiger partial charge in [0.25, 0.3) is 5.91 Å². The van der Waals surface area contributed by atoms with Crippen LogP contribution < -0.4 is 10.2 Å². The van der Waals surface area contributed by atoms with Crippen LogP contribution in [0.5, 0.6) is 0 Å². The summed E-state index contributed by atoms with van der Waals surface area (Å²) in [7, 11) is 0. The van der Waals surface area contributed by atoms with E-state index >= 15 is 0 Å². The van der Waals surface area contributed by atoms with Gasteiger partial charge in [0.2, 0.25) is 11.7 Å². The molecule has 0 aliphatic carbocycles. The van der Waals surface area contributed by atoms with Crippen LogP contribution in [-0.4, -0.2) is 42.5 Å². The summed E-state index contributed by atoms with van der Waals surface area (Å²) < 4.78 is 5.57. The Balaban J connectivity index is 1.77. The number of furan rings is 1. The third kappa shape index (κ3) is 5.91. The molecule has 192 valence electrons. The molecule has 1 atom stereocenters. The largest absolute Gasteiger partial charge is 0.458 e. The highest BCUT2D eigenvalue weighted by atomic mass is 16.3. The van der Waals surface area contributed by atoms with Crippen LogP contribution in [0.3, 0.4) is 0 Å². The summed E-state index contributed by atoms with van der Waals surface area (Å²) in [5.41, 5.74) is 2.62. The summed E-state index contributed by atoms with van der Waals surface area (Å²) in [5.74, 6) is 0.760. The lowest BCUT2D eigenvalue weighted by Crippen LogP contribution is -2.50. The number of aromatic nitrogens is 5. The van der Waals surface area contributed by atoms with E-state index in [4.69, 9.17) is 4.42 Å². The number of carbonyl (C=O) groups excluding carboxylic acids is 2. The van der Waals surface area contributed by atoms with Gasteiger partial charge in [0.15, 0.2) is 5.76 Å². The number of hydrogen-bond acceptors (Lipinski definition) is 7.